The van der Waals surface area contributed by atoms with Gasteiger partial charge >= 0.3 is 0 Å². The van der Waals surface area contributed by atoms with Crippen LogP contribution in [0.25, 0.3) is 5.57 Å². The lowest BCUT2D eigenvalue weighted by molar-refractivity contribution is 0.129. The minimum absolute atomic E-state index is 0. The normalized spacial score (nSPS) is 14.7. The van der Waals surface area contributed by atoms with Gasteiger partial charge < -0.3 is 4.90 Å². The third-order valence-electron chi connectivity index (χ3n) is 5.68. The number of rotatable bonds is 7. The molecule has 0 aliphatic carbocycles. The van der Waals surface area contributed by atoms with Gasteiger partial charge in [-0.1, -0.05) is 97.1 Å². The summed E-state index contributed by atoms with van der Waals surface area (Å²) in [6.07, 6.45) is 3.50. The maximum atomic E-state index is 2.60. The first kappa shape index (κ1) is 22.3. The van der Waals surface area contributed by atoms with E-state index >= 15 is 0 Å². The summed E-state index contributed by atoms with van der Waals surface area (Å²) in [5.41, 5.74) is 5.35. The van der Waals surface area contributed by atoms with E-state index in [1.165, 1.54) is 22.3 Å². The Labute approximate surface area is 187 Å². The maximum absolute atomic E-state index is 2.60. The molecule has 30 heavy (non-hydrogen) atoms. The number of hydrogen-bond acceptors (Lipinski definition) is 2. The molecule has 0 aromatic heterocycles. The van der Waals surface area contributed by atoms with Crippen molar-refractivity contribution in [2.24, 2.45) is 0 Å². The van der Waals surface area contributed by atoms with Crippen molar-refractivity contribution >= 4 is 18.0 Å². The third kappa shape index (κ3) is 6.30. The highest BCUT2D eigenvalue weighted by atomic mass is 35.5. The van der Waals surface area contributed by atoms with Crippen LogP contribution in [0.15, 0.2) is 97.1 Å². The molecule has 3 heteroatoms. The molecule has 1 aliphatic rings. The molecular weight excluding hydrogens is 388 g/mol. The van der Waals surface area contributed by atoms with Crippen molar-refractivity contribution in [2.45, 2.75) is 13.0 Å². The van der Waals surface area contributed by atoms with Crippen LogP contribution in [0.2, 0.25) is 0 Å². The molecule has 156 valence electrons. The minimum Gasteiger partial charge on any atom is -0.300 e. The molecule has 4 rings (SSSR count). The first-order chi connectivity index (χ1) is 14.4. The molecule has 2 nitrogen and oxygen atoms in total. The molecule has 0 amide bonds. The molecule has 1 heterocycles. The number of benzene rings is 3. The summed E-state index contributed by atoms with van der Waals surface area (Å²) in [6, 6.07) is 32.3. The van der Waals surface area contributed by atoms with E-state index in [0.29, 0.717) is 0 Å². The van der Waals surface area contributed by atoms with Crippen LogP contribution in [0.3, 0.4) is 0 Å². The summed E-state index contributed by atoms with van der Waals surface area (Å²) in [7, 11) is 0. The van der Waals surface area contributed by atoms with Gasteiger partial charge in [-0.25, -0.2) is 0 Å². The lowest BCUT2D eigenvalue weighted by atomic mass is 9.97. The summed E-state index contributed by atoms with van der Waals surface area (Å²) in [5, 5.41) is 0. The van der Waals surface area contributed by atoms with Crippen molar-refractivity contribution in [3.8, 4) is 0 Å². The molecule has 1 saturated heterocycles. The molecule has 1 aliphatic heterocycles. The van der Waals surface area contributed by atoms with Crippen LogP contribution in [-0.4, -0.2) is 42.5 Å². The van der Waals surface area contributed by atoms with Gasteiger partial charge in [0.05, 0.1) is 0 Å². The molecule has 1 fully saturated rings. The average Bonchev–Trinajstić information content (AvgIpc) is 2.80. The second-order valence-electron chi connectivity index (χ2n) is 7.74. The predicted octanol–water partition coefficient (Wildman–Crippen LogP) is 5.75. The SMILES string of the molecule is C(CCN1CCN(Cc2ccccc2)CC1)=C(c1ccccc1)c1ccccc1.Cl. The molecule has 0 radical (unpaired) electrons. The Morgan fingerprint density at radius 1 is 0.633 bits per heavy atom. The van der Waals surface area contributed by atoms with E-state index in [0.717, 1.165) is 45.7 Å². The monoisotopic (exact) mass is 418 g/mol. The van der Waals surface area contributed by atoms with Gasteiger partial charge in [-0.15, -0.1) is 12.4 Å². The zero-order valence-corrected chi connectivity index (χ0v) is 18.3. The van der Waals surface area contributed by atoms with Crippen molar-refractivity contribution in [1.82, 2.24) is 9.80 Å². The highest BCUT2D eigenvalue weighted by molar-refractivity contribution is 5.85. The molecule has 0 N–H and O–H groups in total. The van der Waals surface area contributed by atoms with Gasteiger partial charge in [0.1, 0.15) is 0 Å². The number of nitrogens with zero attached hydrogens (tertiary/aromatic N) is 2. The van der Waals surface area contributed by atoms with Crippen LogP contribution in [0.4, 0.5) is 0 Å². The Morgan fingerprint density at radius 3 is 1.63 bits per heavy atom. The van der Waals surface area contributed by atoms with E-state index in [1.807, 2.05) is 0 Å². The van der Waals surface area contributed by atoms with Crippen molar-refractivity contribution in [2.75, 3.05) is 32.7 Å². The number of piperazine rings is 1. The second-order valence-corrected chi connectivity index (χ2v) is 7.74. The number of halogens is 1. The fraction of sp³-hybridized carbons (Fsp3) is 0.259. The van der Waals surface area contributed by atoms with Gasteiger partial charge in [0.2, 0.25) is 0 Å². The van der Waals surface area contributed by atoms with Crippen molar-refractivity contribution in [3.05, 3.63) is 114 Å². The molecule has 3 aromatic rings. The summed E-state index contributed by atoms with van der Waals surface area (Å²) in [6.45, 7) is 6.83. The molecular formula is C27H31ClN2. The fourth-order valence-electron chi connectivity index (χ4n) is 4.04. The Bertz CT molecular complexity index is 844. The standard InChI is InChI=1S/C27H30N2.ClH/c1-4-11-24(12-5-1)23-29-21-19-28(20-22-29)18-10-17-27(25-13-6-2-7-14-25)26-15-8-3-9-16-26;/h1-9,11-17H,10,18-23H2;1H. The average molecular weight is 419 g/mol. The van der Waals surface area contributed by atoms with E-state index in [-0.39, 0.29) is 12.4 Å². The van der Waals surface area contributed by atoms with E-state index in [9.17, 15) is 0 Å². The zero-order valence-electron chi connectivity index (χ0n) is 17.5. The first-order valence-corrected chi connectivity index (χ1v) is 10.7. The maximum Gasteiger partial charge on any atom is 0.0234 e. The summed E-state index contributed by atoms with van der Waals surface area (Å²) in [5.74, 6) is 0. The van der Waals surface area contributed by atoms with Crippen LogP contribution in [0.5, 0.6) is 0 Å². The fourth-order valence-corrected chi connectivity index (χ4v) is 4.04. The lowest BCUT2D eigenvalue weighted by Gasteiger charge is -2.34. The topological polar surface area (TPSA) is 6.48 Å². The molecule has 0 atom stereocenters. The van der Waals surface area contributed by atoms with Gasteiger partial charge in [0, 0.05) is 39.3 Å². The van der Waals surface area contributed by atoms with E-state index in [4.69, 9.17) is 0 Å². The molecule has 0 unspecified atom stereocenters. The Kier molecular flexibility index (Phi) is 8.70. The Hall–Kier alpha value is -2.39. The van der Waals surface area contributed by atoms with Gasteiger partial charge in [0.25, 0.3) is 0 Å². The third-order valence-corrected chi connectivity index (χ3v) is 5.68. The lowest BCUT2D eigenvalue weighted by Crippen LogP contribution is -2.46. The van der Waals surface area contributed by atoms with Gasteiger partial charge in [-0.05, 0) is 28.7 Å². The second kappa shape index (κ2) is 11.7. The van der Waals surface area contributed by atoms with Crippen LogP contribution < -0.4 is 0 Å². The predicted molar refractivity (Wildman–Crippen MR) is 130 cm³/mol. The van der Waals surface area contributed by atoms with Crippen LogP contribution in [0.1, 0.15) is 23.1 Å². The van der Waals surface area contributed by atoms with E-state index in [2.05, 4.69) is 107 Å². The van der Waals surface area contributed by atoms with Gasteiger partial charge in [-0.2, -0.15) is 0 Å². The first-order valence-electron chi connectivity index (χ1n) is 10.7. The van der Waals surface area contributed by atoms with E-state index in [1.54, 1.807) is 0 Å². The van der Waals surface area contributed by atoms with Crippen LogP contribution in [0, 0.1) is 0 Å². The largest absolute Gasteiger partial charge is 0.300 e. The van der Waals surface area contributed by atoms with Crippen molar-refractivity contribution in [3.63, 3.8) is 0 Å². The highest BCUT2D eigenvalue weighted by Crippen LogP contribution is 2.23. The molecule has 0 bridgehead atoms. The highest BCUT2D eigenvalue weighted by Gasteiger charge is 2.16. The molecule has 3 aromatic carbocycles. The minimum atomic E-state index is 0. The van der Waals surface area contributed by atoms with E-state index < -0.39 is 0 Å². The van der Waals surface area contributed by atoms with Crippen LogP contribution in [-0.2, 0) is 6.54 Å². The zero-order chi connectivity index (χ0) is 19.7. The van der Waals surface area contributed by atoms with Gasteiger partial charge in [0.15, 0.2) is 0 Å². The Balaban J connectivity index is 0.00000256. The van der Waals surface area contributed by atoms with Crippen molar-refractivity contribution < 1.29 is 0 Å². The van der Waals surface area contributed by atoms with Crippen LogP contribution >= 0.6 is 12.4 Å². The molecule has 0 saturated carbocycles. The molecule has 0 spiro atoms. The Morgan fingerprint density at radius 2 is 1.10 bits per heavy atom. The van der Waals surface area contributed by atoms with Gasteiger partial charge in [-0.3, -0.25) is 4.90 Å². The summed E-state index contributed by atoms with van der Waals surface area (Å²) < 4.78 is 0. The summed E-state index contributed by atoms with van der Waals surface area (Å²) in [4.78, 5) is 5.17. The summed E-state index contributed by atoms with van der Waals surface area (Å²) >= 11 is 0. The quantitative estimate of drug-likeness (QED) is 0.482. The van der Waals surface area contributed by atoms with Crippen molar-refractivity contribution in [1.29, 1.82) is 0 Å². The smallest absolute Gasteiger partial charge is 0.0234 e. The number of hydrogen-bond donors (Lipinski definition) is 0.